The lowest BCUT2D eigenvalue weighted by Crippen LogP contribution is -2.25. The second-order valence-electron chi connectivity index (χ2n) is 3.57. The molecule has 1 rings (SSSR count). The Morgan fingerprint density at radius 1 is 1.53 bits per heavy atom. The summed E-state index contributed by atoms with van der Waals surface area (Å²) in [4.78, 5) is 11.3. The minimum Gasteiger partial charge on any atom is -0.465 e. The number of furan rings is 1. The molecule has 0 aromatic carbocycles. The smallest absolute Gasteiger partial charge is 0.341 e. The van der Waals surface area contributed by atoms with Crippen LogP contribution >= 0.6 is 12.4 Å². The molecule has 0 saturated heterocycles. The fourth-order valence-electron chi connectivity index (χ4n) is 1.28. The number of hydrogen-bond acceptors (Lipinski definition) is 6. The summed E-state index contributed by atoms with van der Waals surface area (Å²) in [6.07, 6.45) is 0.517. The lowest BCUT2D eigenvalue weighted by molar-refractivity contribution is 0.0599. The van der Waals surface area contributed by atoms with Crippen LogP contribution < -0.4 is 10.5 Å². The van der Waals surface area contributed by atoms with Crippen molar-refractivity contribution < 1.29 is 22.4 Å². The third-order valence-corrected chi connectivity index (χ3v) is 3.55. The molecule has 19 heavy (non-hydrogen) atoms. The molecule has 110 valence electrons. The van der Waals surface area contributed by atoms with Gasteiger partial charge in [0.15, 0.2) is 0 Å². The van der Waals surface area contributed by atoms with Gasteiger partial charge >= 0.3 is 5.97 Å². The van der Waals surface area contributed by atoms with Gasteiger partial charge in [0.1, 0.15) is 11.3 Å². The Kier molecular flexibility index (Phi) is 7.06. The Labute approximate surface area is 117 Å². The van der Waals surface area contributed by atoms with Crippen LogP contribution in [-0.2, 0) is 14.8 Å². The molecule has 0 bridgehead atoms. The molecular formula is C10H17ClN2O5S. The fraction of sp³-hybridized carbons (Fsp3) is 0.500. The van der Waals surface area contributed by atoms with E-state index in [4.69, 9.17) is 10.2 Å². The van der Waals surface area contributed by atoms with Crippen molar-refractivity contribution in [3.8, 4) is 0 Å². The molecule has 0 amide bonds. The lowest BCUT2D eigenvalue weighted by Gasteiger charge is -2.02. The van der Waals surface area contributed by atoms with Gasteiger partial charge in [0.2, 0.25) is 5.09 Å². The molecule has 1 heterocycles. The molecule has 0 fully saturated rings. The number of nitrogens with two attached hydrogens (primary N) is 1. The molecule has 0 aliphatic heterocycles. The third-order valence-electron chi connectivity index (χ3n) is 2.24. The molecule has 1 aromatic rings. The molecule has 0 aliphatic carbocycles. The quantitative estimate of drug-likeness (QED) is 0.582. The zero-order valence-corrected chi connectivity index (χ0v) is 12.3. The molecule has 0 radical (unpaired) electrons. The third kappa shape index (κ3) is 4.50. The van der Waals surface area contributed by atoms with Crippen molar-refractivity contribution in [1.82, 2.24) is 4.72 Å². The van der Waals surface area contributed by atoms with Crippen LogP contribution in [0.1, 0.15) is 22.5 Å². The molecule has 3 N–H and O–H groups in total. The van der Waals surface area contributed by atoms with Crippen molar-refractivity contribution >= 4 is 28.4 Å². The molecule has 9 heteroatoms. The predicted molar refractivity (Wildman–Crippen MR) is 70.9 cm³/mol. The first-order valence-corrected chi connectivity index (χ1v) is 6.79. The van der Waals surface area contributed by atoms with Gasteiger partial charge in [-0.25, -0.2) is 17.9 Å². The van der Waals surface area contributed by atoms with Crippen LogP contribution in [0.3, 0.4) is 0 Å². The van der Waals surface area contributed by atoms with Crippen LogP contribution in [0.4, 0.5) is 0 Å². The highest BCUT2D eigenvalue weighted by Crippen LogP contribution is 2.19. The van der Waals surface area contributed by atoms with Crippen molar-refractivity contribution in [3.05, 3.63) is 17.4 Å². The largest absolute Gasteiger partial charge is 0.465 e. The SMILES string of the molecule is COC(=O)c1cc(S(=O)(=O)NCCCN)oc1C.Cl. The highest BCUT2D eigenvalue weighted by Gasteiger charge is 2.23. The molecule has 7 nitrogen and oxygen atoms in total. The minimum atomic E-state index is -3.76. The van der Waals surface area contributed by atoms with Crippen LogP contribution in [0.25, 0.3) is 0 Å². The van der Waals surface area contributed by atoms with E-state index in [1.165, 1.54) is 14.0 Å². The summed E-state index contributed by atoms with van der Waals surface area (Å²) >= 11 is 0. The summed E-state index contributed by atoms with van der Waals surface area (Å²) in [6.45, 7) is 2.09. The zero-order valence-electron chi connectivity index (χ0n) is 10.6. The minimum absolute atomic E-state index is 0. The first-order valence-electron chi connectivity index (χ1n) is 5.31. The maximum absolute atomic E-state index is 11.8. The Balaban J connectivity index is 0.00000324. The van der Waals surface area contributed by atoms with Crippen molar-refractivity contribution in [2.75, 3.05) is 20.2 Å². The number of hydrogen-bond donors (Lipinski definition) is 2. The Morgan fingerprint density at radius 2 is 2.16 bits per heavy atom. The second kappa shape index (κ2) is 7.49. The number of sulfonamides is 1. The molecule has 0 unspecified atom stereocenters. The molecule has 0 aliphatic rings. The van der Waals surface area contributed by atoms with Crippen LogP contribution in [0.15, 0.2) is 15.6 Å². The predicted octanol–water partition coefficient (Wildman–Crippen LogP) is 0.424. The number of halogens is 1. The molecule has 0 atom stereocenters. The van der Waals surface area contributed by atoms with Crippen LogP contribution in [-0.4, -0.2) is 34.6 Å². The summed E-state index contributed by atoms with van der Waals surface area (Å²) in [7, 11) is -2.55. The lowest BCUT2D eigenvalue weighted by atomic mass is 10.3. The van der Waals surface area contributed by atoms with Gasteiger partial charge in [0, 0.05) is 12.6 Å². The van der Waals surface area contributed by atoms with Crippen LogP contribution in [0.2, 0.25) is 0 Å². The van der Waals surface area contributed by atoms with Gasteiger partial charge in [-0.1, -0.05) is 0 Å². The number of ether oxygens (including phenoxy) is 1. The summed E-state index contributed by atoms with van der Waals surface area (Å²) in [5.41, 5.74) is 5.36. The molecule has 1 aromatic heterocycles. The van der Waals surface area contributed by atoms with Crippen molar-refractivity contribution in [3.63, 3.8) is 0 Å². The Bertz CT molecular complexity index is 526. The summed E-state index contributed by atoms with van der Waals surface area (Å²) in [5.74, 6) is -0.444. The van der Waals surface area contributed by atoms with Crippen molar-refractivity contribution in [2.45, 2.75) is 18.4 Å². The topological polar surface area (TPSA) is 112 Å². The zero-order chi connectivity index (χ0) is 13.8. The second-order valence-corrected chi connectivity index (χ2v) is 5.26. The van der Waals surface area contributed by atoms with E-state index >= 15 is 0 Å². The van der Waals surface area contributed by atoms with E-state index in [1.807, 2.05) is 0 Å². The number of esters is 1. The van der Waals surface area contributed by atoms with E-state index in [0.717, 1.165) is 6.07 Å². The average molecular weight is 313 g/mol. The average Bonchev–Trinajstić information content (AvgIpc) is 2.71. The highest BCUT2D eigenvalue weighted by atomic mass is 35.5. The monoisotopic (exact) mass is 312 g/mol. The summed E-state index contributed by atoms with van der Waals surface area (Å²) in [6, 6.07) is 1.14. The van der Waals surface area contributed by atoms with Crippen molar-refractivity contribution in [1.29, 1.82) is 0 Å². The van der Waals surface area contributed by atoms with E-state index < -0.39 is 16.0 Å². The molecule has 0 spiro atoms. The van der Waals surface area contributed by atoms with Gasteiger partial charge in [-0.3, -0.25) is 0 Å². The Hall–Kier alpha value is -1.09. The van der Waals surface area contributed by atoms with E-state index in [1.54, 1.807) is 0 Å². The summed E-state index contributed by atoms with van der Waals surface area (Å²) < 4.78 is 35.5. The number of methoxy groups -OCH3 is 1. The normalized spacial score (nSPS) is 10.9. The van der Waals surface area contributed by atoms with Crippen LogP contribution in [0.5, 0.6) is 0 Å². The number of carbonyl (C=O) groups excluding carboxylic acids is 1. The van der Waals surface area contributed by atoms with Crippen molar-refractivity contribution in [2.24, 2.45) is 5.73 Å². The molecule has 0 saturated carbocycles. The van der Waals surface area contributed by atoms with Gasteiger partial charge < -0.3 is 14.9 Å². The van der Waals surface area contributed by atoms with Gasteiger partial charge in [0.25, 0.3) is 10.0 Å². The van der Waals surface area contributed by atoms with Crippen LogP contribution in [0, 0.1) is 6.92 Å². The first kappa shape index (κ1) is 17.9. The van der Waals surface area contributed by atoms with Gasteiger partial charge in [0.05, 0.1) is 7.11 Å². The van der Waals surface area contributed by atoms with E-state index in [0.29, 0.717) is 13.0 Å². The fourth-order valence-corrected chi connectivity index (χ4v) is 2.34. The maximum atomic E-state index is 11.8. The number of aryl methyl sites for hydroxylation is 1. The maximum Gasteiger partial charge on any atom is 0.341 e. The number of carbonyl (C=O) groups is 1. The Morgan fingerprint density at radius 3 is 2.68 bits per heavy atom. The number of rotatable bonds is 6. The molecular weight excluding hydrogens is 296 g/mol. The van der Waals surface area contributed by atoms with Gasteiger partial charge in [-0.05, 0) is 19.9 Å². The highest BCUT2D eigenvalue weighted by molar-refractivity contribution is 7.89. The van der Waals surface area contributed by atoms with E-state index in [2.05, 4.69) is 9.46 Å². The van der Waals surface area contributed by atoms with E-state index in [9.17, 15) is 13.2 Å². The first-order chi connectivity index (χ1) is 8.42. The summed E-state index contributed by atoms with van der Waals surface area (Å²) in [5, 5.41) is -0.308. The van der Waals surface area contributed by atoms with Gasteiger partial charge in [-0.2, -0.15) is 0 Å². The standard InChI is InChI=1S/C10H16N2O5S.ClH/c1-7-8(10(13)16-2)6-9(17-7)18(14,15)12-5-3-4-11;/h6,12H,3-5,11H2,1-2H3;1H. The number of nitrogens with one attached hydrogen (secondary N) is 1. The van der Waals surface area contributed by atoms with E-state index in [-0.39, 0.29) is 35.4 Å². The van der Waals surface area contributed by atoms with Gasteiger partial charge in [-0.15, -0.1) is 12.4 Å².